The van der Waals surface area contributed by atoms with Gasteiger partial charge in [0.1, 0.15) is 5.82 Å². The topological polar surface area (TPSA) is 38.0 Å². The summed E-state index contributed by atoms with van der Waals surface area (Å²) in [5.41, 5.74) is 4.49. The molecule has 1 rings (SSSR count). The van der Waals surface area contributed by atoms with Crippen molar-refractivity contribution < 1.29 is 17.6 Å². The van der Waals surface area contributed by atoms with Gasteiger partial charge in [-0.15, -0.1) is 12.3 Å². The first-order valence-electron chi connectivity index (χ1n) is 5.63. The number of nitrogens with two attached hydrogens (primary N) is 1. The minimum absolute atomic E-state index is 0.0908. The summed E-state index contributed by atoms with van der Waals surface area (Å²) in [7, 11) is 0. The van der Waals surface area contributed by atoms with Gasteiger partial charge in [0.05, 0.1) is 5.56 Å². The molecule has 0 heterocycles. The molecule has 0 saturated carbocycles. The number of halogens is 4. The third kappa shape index (κ3) is 4.23. The van der Waals surface area contributed by atoms with Gasteiger partial charge in [-0.05, 0) is 17.7 Å². The van der Waals surface area contributed by atoms with Crippen molar-refractivity contribution in [2.75, 3.05) is 13.1 Å². The van der Waals surface area contributed by atoms with Crippen LogP contribution in [-0.4, -0.2) is 13.1 Å². The fourth-order valence-corrected chi connectivity index (χ4v) is 1.63. The van der Waals surface area contributed by atoms with Crippen molar-refractivity contribution in [3.63, 3.8) is 0 Å². The van der Waals surface area contributed by atoms with Crippen LogP contribution in [0.5, 0.6) is 0 Å². The van der Waals surface area contributed by atoms with Gasteiger partial charge in [-0.25, -0.2) is 4.39 Å². The number of rotatable bonds is 5. The van der Waals surface area contributed by atoms with E-state index < -0.39 is 23.6 Å². The third-order valence-corrected chi connectivity index (χ3v) is 2.59. The zero-order chi connectivity index (χ0) is 14.5. The maximum atomic E-state index is 13.1. The molecule has 0 aliphatic carbocycles. The Labute approximate surface area is 109 Å². The summed E-state index contributed by atoms with van der Waals surface area (Å²) in [6.45, 7) is 0.518. The van der Waals surface area contributed by atoms with Crippen LogP contribution in [0.1, 0.15) is 23.6 Å². The molecule has 0 aliphatic heterocycles. The van der Waals surface area contributed by atoms with Gasteiger partial charge >= 0.3 is 6.18 Å². The molecule has 0 radical (unpaired) electrons. The maximum absolute atomic E-state index is 13.1. The lowest BCUT2D eigenvalue weighted by molar-refractivity contribution is -0.140. The van der Waals surface area contributed by atoms with Gasteiger partial charge in [-0.1, -0.05) is 6.07 Å². The van der Waals surface area contributed by atoms with Crippen LogP contribution >= 0.6 is 0 Å². The Morgan fingerprint density at radius 3 is 2.58 bits per heavy atom. The molecule has 6 heteroatoms. The van der Waals surface area contributed by atoms with E-state index in [-0.39, 0.29) is 12.1 Å². The molecule has 0 amide bonds. The number of hydrogen-bond acceptors (Lipinski definition) is 2. The molecule has 1 aromatic carbocycles. The first-order chi connectivity index (χ1) is 8.90. The number of alkyl halides is 3. The maximum Gasteiger partial charge on any atom is 0.419 e. The highest BCUT2D eigenvalue weighted by Crippen LogP contribution is 2.32. The van der Waals surface area contributed by atoms with Crippen LogP contribution in [0.3, 0.4) is 0 Å². The number of nitrogens with one attached hydrogen (secondary N) is 1. The van der Waals surface area contributed by atoms with E-state index in [0.29, 0.717) is 13.0 Å². The molecule has 104 valence electrons. The Bertz CT molecular complexity index is 463. The van der Waals surface area contributed by atoms with Crippen molar-refractivity contribution in [2.45, 2.75) is 18.6 Å². The van der Waals surface area contributed by atoms with Gasteiger partial charge in [-0.3, -0.25) is 0 Å². The summed E-state index contributed by atoms with van der Waals surface area (Å²) in [4.78, 5) is 0. The first kappa shape index (κ1) is 15.5. The van der Waals surface area contributed by atoms with Crippen molar-refractivity contribution in [2.24, 2.45) is 5.73 Å². The average Bonchev–Trinajstić information content (AvgIpc) is 2.34. The quantitative estimate of drug-likeness (QED) is 0.492. The number of hydrogen-bond donors (Lipinski definition) is 2. The number of terminal acetylenes is 1. The molecular weight excluding hydrogens is 260 g/mol. The Hall–Kier alpha value is -1.58. The number of benzene rings is 1. The van der Waals surface area contributed by atoms with Crippen molar-refractivity contribution >= 4 is 0 Å². The largest absolute Gasteiger partial charge is 0.419 e. The Morgan fingerprint density at radius 1 is 1.37 bits per heavy atom. The minimum Gasteiger partial charge on any atom is -0.329 e. The van der Waals surface area contributed by atoms with Crippen LogP contribution < -0.4 is 11.1 Å². The van der Waals surface area contributed by atoms with Crippen LogP contribution in [0.15, 0.2) is 18.2 Å². The van der Waals surface area contributed by atoms with E-state index in [1.54, 1.807) is 0 Å². The smallest absolute Gasteiger partial charge is 0.329 e. The lowest BCUT2D eigenvalue weighted by Crippen LogP contribution is -2.29. The molecule has 0 bridgehead atoms. The van der Waals surface area contributed by atoms with Crippen LogP contribution in [-0.2, 0) is 6.18 Å². The zero-order valence-corrected chi connectivity index (χ0v) is 10.1. The molecule has 2 nitrogen and oxygen atoms in total. The van der Waals surface area contributed by atoms with Gasteiger partial charge < -0.3 is 11.1 Å². The predicted octanol–water partition coefficient (Wildman–Crippen LogP) is 2.46. The molecule has 1 atom stereocenters. The Balaban J connectivity index is 2.96. The molecule has 1 unspecified atom stereocenters. The Morgan fingerprint density at radius 2 is 2.05 bits per heavy atom. The predicted molar refractivity (Wildman–Crippen MR) is 64.7 cm³/mol. The summed E-state index contributed by atoms with van der Waals surface area (Å²) in [5, 5.41) is 2.93. The average molecular weight is 274 g/mol. The van der Waals surface area contributed by atoms with Gasteiger partial charge in [-0.2, -0.15) is 13.2 Å². The van der Waals surface area contributed by atoms with E-state index in [0.717, 1.165) is 12.1 Å². The van der Waals surface area contributed by atoms with Gasteiger partial charge in [0.25, 0.3) is 0 Å². The lowest BCUT2D eigenvalue weighted by atomic mass is 10.0. The Kier molecular flexibility index (Phi) is 5.33. The van der Waals surface area contributed by atoms with Gasteiger partial charge in [0.2, 0.25) is 0 Å². The van der Waals surface area contributed by atoms with E-state index in [9.17, 15) is 17.6 Å². The molecule has 0 aromatic heterocycles. The summed E-state index contributed by atoms with van der Waals surface area (Å²) in [6.07, 6.45) is 0.787. The minimum atomic E-state index is -4.72. The highest BCUT2D eigenvalue weighted by Gasteiger charge is 2.34. The monoisotopic (exact) mass is 274 g/mol. The molecule has 19 heavy (non-hydrogen) atoms. The summed E-state index contributed by atoms with van der Waals surface area (Å²) >= 11 is 0. The first-order valence-corrected chi connectivity index (χ1v) is 5.63. The van der Waals surface area contributed by atoms with Gasteiger partial charge in [0.15, 0.2) is 0 Å². The van der Waals surface area contributed by atoms with Crippen molar-refractivity contribution in [3.05, 3.63) is 35.1 Å². The van der Waals surface area contributed by atoms with Crippen LogP contribution in [0.2, 0.25) is 0 Å². The van der Waals surface area contributed by atoms with Crippen molar-refractivity contribution in [1.82, 2.24) is 5.32 Å². The normalized spacial score (nSPS) is 13.1. The highest BCUT2D eigenvalue weighted by molar-refractivity contribution is 5.29. The third-order valence-electron chi connectivity index (χ3n) is 2.59. The van der Waals surface area contributed by atoms with E-state index in [1.165, 1.54) is 6.07 Å². The van der Waals surface area contributed by atoms with Crippen molar-refractivity contribution in [3.8, 4) is 12.3 Å². The molecule has 0 spiro atoms. The van der Waals surface area contributed by atoms with Crippen LogP contribution in [0, 0.1) is 18.2 Å². The van der Waals surface area contributed by atoms with Crippen LogP contribution in [0.25, 0.3) is 0 Å². The summed E-state index contributed by atoms with van der Waals surface area (Å²) in [6, 6.07) is 2.36. The second-order valence-corrected chi connectivity index (χ2v) is 3.93. The SMILES string of the molecule is C#CCCNC(CN)c1ccc(F)c(C(F)(F)F)c1. The van der Waals surface area contributed by atoms with E-state index in [4.69, 9.17) is 12.2 Å². The van der Waals surface area contributed by atoms with Crippen molar-refractivity contribution in [1.29, 1.82) is 0 Å². The van der Waals surface area contributed by atoms with Crippen LogP contribution in [0.4, 0.5) is 17.6 Å². The molecular formula is C13H14F4N2. The van der Waals surface area contributed by atoms with Gasteiger partial charge in [0, 0.05) is 25.6 Å². The van der Waals surface area contributed by atoms with E-state index >= 15 is 0 Å². The zero-order valence-electron chi connectivity index (χ0n) is 10.1. The standard InChI is InChI=1S/C13H14F4N2/c1-2-3-6-19-12(8-18)9-4-5-11(14)10(7-9)13(15,16)17/h1,4-5,7,12,19H,3,6,8,18H2. The summed E-state index contributed by atoms with van der Waals surface area (Å²) in [5.74, 6) is 1.10. The molecule has 0 fully saturated rings. The lowest BCUT2D eigenvalue weighted by Gasteiger charge is -2.18. The second kappa shape index (κ2) is 6.55. The molecule has 1 aromatic rings. The van der Waals surface area contributed by atoms with E-state index in [2.05, 4.69) is 11.2 Å². The fourth-order valence-electron chi connectivity index (χ4n) is 1.63. The van der Waals surface area contributed by atoms with E-state index in [1.807, 2.05) is 0 Å². The molecule has 0 aliphatic rings. The highest BCUT2D eigenvalue weighted by atomic mass is 19.4. The molecule has 3 N–H and O–H groups in total. The summed E-state index contributed by atoms with van der Waals surface area (Å²) < 4.78 is 50.9. The molecule has 0 saturated heterocycles. The second-order valence-electron chi connectivity index (χ2n) is 3.93. The fraction of sp³-hybridized carbons (Fsp3) is 0.385.